The summed E-state index contributed by atoms with van der Waals surface area (Å²) in [5.74, 6) is -0.0453. The van der Waals surface area contributed by atoms with E-state index in [-0.39, 0.29) is 24.4 Å². The van der Waals surface area contributed by atoms with Crippen LogP contribution in [0, 0.1) is 0 Å². The molecule has 1 fully saturated rings. The number of nitrogens with one attached hydrogen (secondary N) is 2. The highest BCUT2D eigenvalue weighted by Gasteiger charge is 2.23. The maximum absolute atomic E-state index is 11.6. The number of rotatable bonds is 3. The molecule has 2 N–H and O–H groups in total. The predicted octanol–water partition coefficient (Wildman–Crippen LogP) is -1.06. The van der Waals surface area contributed by atoms with Crippen LogP contribution in [0.4, 0.5) is 0 Å². The first kappa shape index (κ1) is 11.0. The number of hydrogen-bond donors (Lipinski definition) is 2. The van der Waals surface area contributed by atoms with Crippen molar-refractivity contribution < 1.29 is 9.59 Å². The molecule has 0 aliphatic carbocycles. The number of hydrogen-bond acceptors (Lipinski definition) is 3. The van der Waals surface area contributed by atoms with E-state index in [1.165, 1.54) is 0 Å². The van der Waals surface area contributed by atoms with Crippen LogP contribution in [0.2, 0.25) is 0 Å². The first-order valence-corrected chi connectivity index (χ1v) is 4.86. The highest BCUT2D eigenvalue weighted by molar-refractivity contribution is 5.87. The number of carbonyl (C=O) groups is 2. The van der Waals surface area contributed by atoms with Crippen LogP contribution in [-0.2, 0) is 9.59 Å². The maximum Gasteiger partial charge on any atom is 0.242 e. The largest absolute Gasteiger partial charge is 0.347 e. The van der Waals surface area contributed by atoms with Gasteiger partial charge in [0, 0.05) is 25.6 Å². The fourth-order valence-electron chi connectivity index (χ4n) is 1.58. The average molecular weight is 199 g/mol. The molecule has 1 saturated heterocycles. The van der Waals surface area contributed by atoms with Crippen LogP contribution in [0.15, 0.2) is 0 Å². The Labute approximate surface area is 83.8 Å². The summed E-state index contributed by atoms with van der Waals surface area (Å²) in [7, 11) is 1.85. The van der Waals surface area contributed by atoms with Gasteiger partial charge in [0.1, 0.15) is 0 Å². The lowest BCUT2D eigenvalue weighted by atomic mass is 10.2. The zero-order chi connectivity index (χ0) is 10.6. The van der Waals surface area contributed by atoms with Crippen LogP contribution in [0.1, 0.15) is 13.3 Å². The van der Waals surface area contributed by atoms with Gasteiger partial charge in [0.2, 0.25) is 11.8 Å². The molecule has 1 atom stereocenters. The second-order valence-electron chi connectivity index (χ2n) is 3.52. The molecule has 1 aliphatic heterocycles. The smallest absolute Gasteiger partial charge is 0.242 e. The third-order valence-corrected chi connectivity index (χ3v) is 2.37. The van der Waals surface area contributed by atoms with Gasteiger partial charge in [0.25, 0.3) is 0 Å². The van der Waals surface area contributed by atoms with Crippen LogP contribution in [0.25, 0.3) is 0 Å². The summed E-state index contributed by atoms with van der Waals surface area (Å²) in [6.45, 7) is 3.38. The summed E-state index contributed by atoms with van der Waals surface area (Å²) in [5.41, 5.74) is 0. The molecule has 14 heavy (non-hydrogen) atoms. The summed E-state index contributed by atoms with van der Waals surface area (Å²) in [4.78, 5) is 24.4. The lowest BCUT2D eigenvalue weighted by molar-refractivity contribution is -0.131. The van der Waals surface area contributed by atoms with E-state index >= 15 is 0 Å². The van der Waals surface area contributed by atoms with Crippen molar-refractivity contribution in [2.45, 2.75) is 19.4 Å². The van der Waals surface area contributed by atoms with Crippen LogP contribution in [0.3, 0.4) is 0 Å². The second-order valence-corrected chi connectivity index (χ2v) is 3.52. The lowest BCUT2D eigenvalue weighted by Gasteiger charge is -2.27. The van der Waals surface area contributed by atoms with Crippen molar-refractivity contribution in [1.29, 1.82) is 0 Å². The van der Waals surface area contributed by atoms with Crippen LogP contribution in [0.5, 0.6) is 0 Å². The summed E-state index contributed by atoms with van der Waals surface area (Å²) >= 11 is 0. The van der Waals surface area contributed by atoms with E-state index in [1.807, 2.05) is 14.0 Å². The normalized spacial score (nSPS) is 20.3. The zero-order valence-corrected chi connectivity index (χ0v) is 8.67. The highest BCUT2D eigenvalue weighted by Crippen LogP contribution is 2.03. The SMILES string of the molecule is CNCC(C)N1CCC(=O)NCC1=O. The van der Waals surface area contributed by atoms with Crippen molar-refractivity contribution >= 4 is 11.8 Å². The Bertz CT molecular complexity index is 230. The minimum atomic E-state index is -0.0440. The zero-order valence-electron chi connectivity index (χ0n) is 8.67. The standard InChI is InChI=1S/C9H17N3O2/c1-7(5-10-2)12-4-3-8(13)11-6-9(12)14/h7,10H,3-6H2,1-2H3,(H,11,13). The molecule has 0 aromatic heterocycles. The van der Waals surface area contributed by atoms with Crippen molar-refractivity contribution in [3.8, 4) is 0 Å². The van der Waals surface area contributed by atoms with Gasteiger partial charge in [-0.15, -0.1) is 0 Å². The van der Waals surface area contributed by atoms with E-state index in [1.54, 1.807) is 4.90 Å². The van der Waals surface area contributed by atoms with Crippen molar-refractivity contribution in [2.75, 3.05) is 26.7 Å². The topological polar surface area (TPSA) is 61.4 Å². The van der Waals surface area contributed by atoms with E-state index < -0.39 is 0 Å². The van der Waals surface area contributed by atoms with Gasteiger partial charge in [-0.3, -0.25) is 9.59 Å². The minimum Gasteiger partial charge on any atom is -0.347 e. The van der Waals surface area contributed by atoms with Gasteiger partial charge in [-0.25, -0.2) is 0 Å². The van der Waals surface area contributed by atoms with Crippen molar-refractivity contribution in [2.24, 2.45) is 0 Å². The third kappa shape index (κ3) is 2.70. The fraction of sp³-hybridized carbons (Fsp3) is 0.778. The second kappa shape index (κ2) is 4.95. The van der Waals surface area contributed by atoms with Gasteiger partial charge in [0.05, 0.1) is 6.54 Å². The molecular formula is C9H17N3O2. The molecule has 0 aromatic carbocycles. The molecule has 1 heterocycles. The average Bonchev–Trinajstić information content (AvgIpc) is 2.30. The van der Waals surface area contributed by atoms with Crippen LogP contribution < -0.4 is 10.6 Å². The van der Waals surface area contributed by atoms with Gasteiger partial charge in [-0.2, -0.15) is 0 Å². The number of nitrogens with zero attached hydrogens (tertiary/aromatic N) is 1. The fourth-order valence-corrected chi connectivity index (χ4v) is 1.58. The molecule has 0 spiro atoms. The Hall–Kier alpha value is -1.10. The minimum absolute atomic E-state index is 0.00130. The highest BCUT2D eigenvalue weighted by atomic mass is 16.2. The molecule has 1 unspecified atom stereocenters. The van der Waals surface area contributed by atoms with Gasteiger partial charge in [0.15, 0.2) is 0 Å². The van der Waals surface area contributed by atoms with E-state index in [9.17, 15) is 9.59 Å². The quantitative estimate of drug-likeness (QED) is 0.609. The number of likely N-dealkylation sites (N-methyl/N-ethyl adjacent to an activating group) is 1. The van der Waals surface area contributed by atoms with E-state index in [0.717, 1.165) is 6.54 Å². The van der Waals surface area contributed by atoms with Gasteiger partial charge in [-0.05, 0) is 14.0 Å². The first-order valence-electron chi connectivity index (χ1n) is 4.86. The Morgan fingerprint density at radius 3 is 2.93 bits per heavy atom. The van der Waals surface area contributed by atoms with Crippen molar-refractivity contribution in [1.82, 2.24) is 15.5 Å². The molecule has 0 bridgehead atoms. The summed E-state index contributed by atoms with van der Waals surface area (Å²) in [6, 6.07) is 0.139. The molecule has 5 heteroatoms. The van der Waals surface area contributed by atoms with Crippen molar-refractivity contribution in [3.63, 3.8) is 0 Å². The van der Waals surface area contributed by atoms with Crippen LogP contribution in [-0.4, -0.2) is 49.4 Å². The molecule has 1 rings (SSSR count). The monoisotopic (exact) mass is 199 g/mol. The Morgan fingerprint density at radius 1 is 1.57 bits per heavy atom. The first-order chi connectivity index (χ1) is 6.65. The molecule has 2 amide bonds. The summed E-state index contributed by atoms with van der Waals surface area (Å²) in [5, 5.41) is 5.59. The number of carbonyl (C=O) groups excluding carboxylic acids is 2. The Balaban J connectivity index is 2.57. The van der Waals surface area contributed by atoms with Gasteiger partial charge >= 0.3 is 0 Å². The molecule has 0 saturated carbocycles. The maximum atomic E-state index is 11.6. The van der Waals surface area contributed by atoms with Gasteiger partial charge in [-0.1, -0.05) is 0 Å². The predicted molar refractivity (Wildman–Crippen MR) is 52.7 cm³/mol. The molecule has 0 radical (unpaired) electrons. The number of amides is 2. The molecular weight excluding hydrogens is 182 g/mol. The van der Waals surface area contributed by atoms with Crippen LogP contribution >= 0.6 is 0 Å². The third-order valence-electron chi connectivity index (χ3n) is 2.37. The Morgan fingerprint density at radius 2 is 2.29 bits per heavy atom. The molecule has 0 aromatic rings. The molecule has 80 valence electrons. The van der Waals surface area contributed by atoms with Gasteiger partial charge < -0.3 is 15.5 Å². The molecule has 1 aliphatic rings. The summed E-state index contributed by atoms with van der Waals surface area (Å²) in [6.07, 6.45) is 0.403. The van der Waals surface area contributed by atoms with E-state index in [4.69, 9.17) is 0 Å². The van der Waals surface area contributed by atoms with E-state index in [2.05, 4.69) is 10.6 Å². The molecule has 5 nitrogen and oxygen atoms in total. The Kier molecular flexibility index (Phi) is 3.88. The summed E-state index contributed by atoms with van der Waals surface area (Å²) < 4.78 is 0. The van der Waals surface area contributed by atoms with Crippen molar-refractivity contribution in [3.05, 3.63) is 0 Å². The lowest BCUT2D eigenvalue weighted by Crippen LogP contribution is -2.45. The van der Waals surface area contributed by atoms with E-state index in [0.29, 0.717) is 13.0 Å².